The van der Waals surface area contributed by atoms with Crippen LogP contribution in [0.4, 0.5) is 0 Å². The van der Waals surface area contributed by atoms with Gasteiger partial charge in [-0.15, -0.1) is 4.40 Å². The average Bonchev–Trinajstić information content (AvgIpc) is 1.99. The highest BCUT2D eigenvalue weighted by Gasteiger charge is 2.24. The van der Waals surface area contributed by atoms with E-state index >= 15 is 0 Å². The Morgan fingerprint density at radius 1 is 1.58 bits per heavy atom. The molecule has 0 aromatic heterocycles. The fourth-order valence-corrected chi connectivity index (χ4v) is 2.25. The van der Waals surface area contributed by atoms with Gasteiger partial charge in [0.1, 0.15) is 0 Å². The van der Waals surface area contributed by atoms with Gasteiger partial charge >= 0.3 is 10.2 Å². The first-order valence-electron chi connectivity index (χ1n) is 2.84. The Balaban J connectivity index is 3.17. The molecule has 0 aliphatic carbocycles. The number of thioether (sulfide) groups is 1. The zero-order valence-corrected chi connectivity index (χ0v) is 8.74. The van der Waals surface area contributed by atoms with Crippen molar-refractivity contribution in [3.05, 3.63) is 0 Å². The molecule has 0 aromatic rings. The zero-order chi connectivity index (χ0) is 9.35. The fourth-order valence-electron chi connectivity index (χ4n) is 0.508. The first-order chi connectivity index (χ1) is 5.47. The first-order valence-corrected chi connectivity index (χ1v) is 5.84. The topological polar surface area (TPSA) is 62.1 Å². The molecule has 0 aromatic carbocycles. The van der Waals surface area contributed by atoms with Crippen molar-refractivity contribution in [1.82, 2.24) is 4.31 Å². The van der Waals surface area contributed by atoms with Crippen molar-refractivity contribution in [2.24, 2.45) is 9.39 Å². The van der Waals surface area contributed by atoms with E-state index in [0.29, 0.717) is 0 Å². The molecule has 68 valence electrons. The second-order valence-corrected chi connectivity index (χ2v) is 4.64. The summed E-state index contributed by atoms with van der Waals surface area (Å²) in [4.78, 5) is 3.72. The predicted molar refractivity (Wildman–Crippen MR) is 50.9 cm³/mol. The molecule has 1 aliphatic rings. The van der Waals surface area contributed by atoms with Gasteiger partial charge in [-0.05, 0) is 17.9 Å². The number of rotatable bonds is 0. The van der Waals surface area contributed by atoms with Crippen molar-refractivity contribution >= 4 is 44.0 Å². The maximum absolute atomic E-state index is 11.1. The Hall–Kier alpha value is -0.270. The SMILES string of the molecule is CSC1=NS(=O)(=O)N(C)C(Cl)=N1. The van der Waals surface area contributed by atoms with Crippen LogP contribution >= 0.6 is 23.4 Å². The Labute approximate surface area is 79.7 Å². The molecular formula is C4H6ClN3O2S2. The second kappa shape index (κ2) is 3.23. The van der Waals surface area contributed by atoms with E-state index in [1.807, 2.05) is 0 Å². The number of halogens is 1. The highest BCUT2D eigenvalue weighted by atomic mass is 35.5. The van der Waals surface area contributed by atoms with Gasteiger partial charge in [-0.25, -0.2) is 4.31 Å². The Bertz CT molecular complexity index is 347. The van der Waals surface area contributed by atoms with Gasteiger partial charge in [-0.1, -0.05) is 11.8 Å². The first kappa shape index (κ1) is 9.82. The molecular weight excluding hydrogens is 222 g/mol. The minimum Gasteiger partial charge on any atom is -0.228 e. The molecule has 5 nitrogen and oxygen atoms in total. The second-order valence-electron chi connectivity index (χ2n) is 1.90. The Morgan fingerprint density at radius 2 is 2.17 bits per heavy atom. The summed E-state index contributed by atoms with van der Waals surface area (Å²) < 4.78 is 26.4. The lowest BCUT2D eigenvalue weighted by Crippen LogP contribution is -2.32. The van der Waals surface area contributed by atoms with Crippen molar-refractivity contribution in [3.8, 4) is 0 Å². The lowest BCUT2D eigenvalue weighted by molar-refractivity contribution is 0.555. The van der Waals surface area contributed by atoms with E-state index in [1.54, 1.807) is 6.26 Å². The van der Waals surface area contributed by atoms with Crippen LogP contribution in [-0.4, -0.2) is 36.5 Å². The molecule has 0 bridgehead atoms. The standard InChI is InChI=1S/C4H6ClN3O2S2/c1-8-3(5)6-4(11-2)7-12(8,9)10/h1-2H3. The summed E-state index contributed by atoms with van der Waals surface area (Å²) in [5.41, 5.74) is 0. The molecule has 0 spiro atoms. The molecule has 0 saturated heterocycles. The highest BCUT2D eigenvalue weighted by Crippen LogP contribution is 2.15. The van der Waals surface area contributed by atoms with Gasteiger partial charge in [-0.2, -0.15) is 13.4 Å². The van der Waals surface area contributed by atoms with E-state index in [4.69, 9.17) is 11.6 Å². The number of aliphatic imine (C=N–C) groups is 1. The van der Waals surface area contributed by atoms with Gasteiger partial charge in [0.2, 0.25) is 10.5 Å². The summed E-state index contributed by atoms with van der Waals surface area (Å²) in [7, 11) is -2.34. The van der Waals surface area contributed by atoms with E-state index in [1.165, 1.54) is 7.05 Å². The Kier molecular flexibility index (Phi) is 2.64. The molecule has 1 rings (SSSR count). The average molecular weight is 228 g/mol. The van der Waals surface area contributed by atoms with Crippen LogP contribution in [0, 0.1) is 0 Å². The van der Waals surface area contributed by atoms with Crippen molar-refractivity contribution < 1.29 is 8.42 Å². The number of nitrogens with zero attached hydrogens (tertiary/aromatic N) is 3. The van der Waals surface area contributed by atoms with Crippen LogP contribution in [0.5, 0.6) is 0 Å². The number of hydrogen-bond donors (Lipinski definition) is 0. The Morgan fingerprint density at radius 3 is 2.58 bits per heavy atom. The molecule has 0 saturated carbocycles. The third-order valence-electron chi connectivity index (χ3n) is 1.17. The van der Waals surface area contributed by atoms with Crippen LogP contribution in [0.2, 0.25) is 0 Å². The normalized spacial score (nSPS) is 21.8. The van der Waals surface area contributed by atoms with Crippen molar-refractivity contribution in [3.63, 3.8) is 0 Å². The molecule has 1 heterocycles. The molecule has 1 aliphatic heterocycles. The molecule has 0 fully saturated rings. The molecule has 0 amide bonds. The quantitative estimate of drug-likeness (QED) is 0.566. The van der Waals surface area contributed by atoms with Gasteiger partial charge in [0.05, 0.1) is 0 Å². The summed E-state index contributed by atoms with van der Waals surface area (Å²) in [5.74, 6) is 0. The van der Waals surface area contributed by atoms with Crippen LogP contribution < -0.4 is 0 Å². The van der Waals surface area contributed by atoms with Crippen molar-refractivity contribution in [2.45, 2.75) is 0 Å². The minimum absolute atomic E-state index is 0.0886. The smallest absolute Gasteiger partial charge is 0.228 e. The van der Waals surface area contributed by atoms with E-state index in [-0.39, 0.29) is 10.5 Å². The number of hydrogen-bond acceptors (Lipinski definition) is 4. The molecule has 8 heteroatoms. The number of amidine groups is 2. The summed E-state index contributed by atoms with van der Waals surface area (Å²) in [6, 6.07) is 0. The molecule has 0 atom stereocenters. The van der Waals surface area contributed by atoms with Crippen molar-refractivity contribution in [1.29, 1.82) is 0 Å². The van der Waals surface area contributed by atoms with Gasteiger partial charge in [0.15, 0.2) is 0 Å². The third-order valence-corrected chi connectivity index (χ3v) is 3.54. The van der Waals surface area contributed by atoms with Crippen LogP contribution in [0.25, 0.3) is 0 Å². The van der Waals surface area contributed by atoms with Crippen LogP contribution in [0.3, 0.4) is 0 Å². The summed E-state index contributed by atoms with van der Waals surface area (Å²) in [5, 5.41) is 0.0625. The minimum atomic E-state index is -3.63. The van der Waals surface area contributed by atoms with Crippen LogP contribution in [-0.2, 0) is 10.2 Å². The van der Waals surface area contributed by atoms with Gasteiger partial charge in [0.25, 0.3) is 0 Å². The maximum Gasteiger partial charge on any atom is 0.348 e. The molecule has 0 radical (unpaired) electrons. The predicted octanol–water partition coefficient (Wildman–Crippen LogP) is 0.490. The molecule has 0 N–H and O–H groups in total. The lowest BCUT2D eigenvalue weighted by Gasteiger charge is -2.17. The molecule has 12 heavy (non-hydrogen) atoms. The van der Waals surface area contributed by atoms with Crippen molar-refractivity contribution in [2.75, 3.05) is 13.3 Å². The summed E-state index contributed by atoms with van der Waals surface area (Å²) in [6.45, 7) is 0. The maximum atomic E-state index is 11.1. The van der Waals surface area contributed by atoms with Gasteiger partial charge in [0, 0.05) is 7.05 Å². The zero-order valence-electron chi connectivity index (χ0n) is 6.35. The van der Waals surface area contributed by atoms with E-state index < -0.39 is 10.2 Å². The van der Waals surface area contributed by atoms with E-state index in [9.17, 15) is 8.42 Å². The van der Waals surface area contributed by atoms with Crippen LogP contribution in [0.15, 0.2) is 9.39 Å². The lowest BCUT2D eigenvalue weighted by atomic mass is 11.1. The monoisotopic (exact) mass is 227 g/mol. The van der Waals surface area contributed by atoms with Gasteiger partial charge in [-0.3, -0.25) is 0 Å². The van der Waals surface area contributed by atoms with E-state index in [0.717, 1.165) is 16.1 Å². The summed E-state index contributed by atoms with van der Waals surface area (Å²) in [6.07, 6.45) is 1.67. The highest BCUT2D eigenvalue weighted by molar-refractivity contribution is 8.14. The van der Waals surface area contributed by atoms with E-state index in [2.05, 4.69) is 9.39 Å². The largest absolute Gasteiger partial charge is 0.348 e. The van der Waals surface area contributed by atoms with Crippen LogP contribution in [0.1, 0.15) is 0 Å². The third kappa shape index (κ3) is 1.73. The fraction of sp³-hybridized carbons (Fsp3) is 0.500. The van der Waals surface area contributed by atoms with Gasteiger partial charge < -0.3 is 0 Å². The summed E-state index contributed by atoms with van der Waals surface area (Å²) >= 11 is 6.65. The molecule has 0 unspecified atom stereocenters.